The second kappa shape index (κ2) is 6.77. The van der Waals surface area contributed by atoms with Gasteiger partial charge in [-0.2, -0.15) is 0 Å². The van der Waals surface area contributed by atoms with Crippen LogP contribution in [0.3, 0.4) is 0 Å². The van der Waals surface area contributed by atoms with Crippen molar-refractivity contribution in [3.8, 4) is 0 Å². The molecule has 0 aliphatic carbocycles. The summed E-state index contributed by atoms with van der Waals surface area (Å²) in [4.78, 5) is 53.2. The summed E-state index contributed by atoms with van der Waals surface area (Å²) in [5.74, 6) is -2.56. The third-order valence-electron chi connectivity index (χ3n) is 4.70. The molecule has 0 unspecified atom stereocenters. The molecule has 7 heteroatoms. The SMILES string of the molecule is C[C@@H](OC(=O)CN1C(=O)C(=O)c2ccccc21)C(=O)c1c[nH]c2ccccc12. The fourth-order valence-corrected chi connectivity index (χ4v) is 3.32. The maximum atomic E-state index is 12.7. The van der Waals surface area contributed by atoms with Crippen molar-refractivity contribution in [1.82, 2.24) is 4.98 Å². The molecule has 1 aromatic heterocycles. The number of Topliss-reactive ketones (excluding diaryl/α,β-unsaturated/α-hetero) is 2. The first kappa shape index (κ1) is 17.7. The number of fused-ring (bicyclic) bond motifs is 2. The molecule has 7 nitrogen and oxygen atoms in total. The van der Waals surface area contributed by atoms with E-state index in [1.165, 1.54) is 13.0 Å². The Labute approximate surface area is 159 Å². The molecule has 1 aliphatic heterocycles. The molecule has 140 valence electrons. The number of benzene rings is 2. The Morgan fingerprint density at radius 3 is 2.61 bits per heavy atom. The monoisotopic (exact) mass is 376 g/mol. The van der Waals surface area contributed by atoms with E-state index in [0.717, 1.165) is 15.8 Å². The first-order chi connectivity index (χ1) is 13.5. The van der Waals surface area contributed by atoms with Crippen LogP contribution in [0.1, 0.15) is 27.6 Å². The van der Waals surface area contributed by atoms with Gasteiger partial charge in [0.05, 0.1) is 11.3 Å². The van der Waals surface area contributed by atoms with E-state index in [2.05, 4.69) is 4.98 Å². The highest BCUT2D eigenvalue weighted by Gasteiger charge is 2.37. The maximum absolute atomic E-state index is 12.7. The predicted molar refractivity (Wildman–Crippen MR) is 101 cm³/mol. The molecule has 2 aromatic carbocycles. The standard InChI is InChI=1S/C21H16N2O5/c1-12(19(25)15-10-22-16-8-4-2-6-13(15)16)28-18(24)11-23-17-9-5-3-7-14(17)20(26)21(23)27/h2-10,12,22H,11H2,1H3/t12-/m1/s1. The Bertz CT molecular complexity index is 1130. The van der Waals surface area contributed by atoms with E-state index in [1.54, 1.807) is 30.5 Å². The summed E-state index contributed by atoms with van der Waals surface area (Å²) in [7, 11) is 0. The number of amides is 1. The van der Waals surface area contributed by atoms with E-state index in [0.29, 0.717) is 11.3 Å². The molecule has 0 radical (unpaired) electrons. The number of hydrogen-bond donors (Lipinski definition) is 1. The van der Waals surface area contributed by atoms with E-state index >= 15 is 0 Å². The lowest BCUT2D eigenvalue weighted by Gasteiger charge is -2.17. The van der Waals surface area contributed by atoms with Crippen molar-refractivity contribution in [2.24, 2.45) is 0 Å². The van der Waals surface area contributed by atoms with Crippen molar-refractivity contribution in [2.45, 2.75) is 13.0 Å². The van der Waals surface area contributed by atoms with Crippen molar-refractivity contribution in [3.63, 3.8) is 0 Å². The number of nitrogens with zero attached hydrogens (tertiary/aromatic N) is 1. The molecule has 4 rings (SSSR count). The van der Waals surface area contributed by atoms with Crippen molar-refractivity contribution >= 4 is 40.0 Å². The Morgan fingerprint density at radius 1 is 1.07 bits per heavy atom. The predicted octanol–water partition coefficient (Wildman–Crippen LogP) is 2.51. The number of carbonyl (C=O) groups excluding carboxylic acids is 4. The third kappa shape index (κ3) is 2.87. The average Bonchev–Trinajstić information content (AvgIpc) is 3.23. The van der Waals surface area contributed by atoms with Gasteiger partial charge in [-0.1, -0.05) is 30.3 Å². The van der Waals surface area contributed by atoms with Crippen LogP contribution in [0.2, 0.25) is 0 Å². The van der Waals surface area contributed by atoms with Gasteiger partial charge in [-0.3, -0.25) is 24.1 Å². The zero-order valence-corrected chi connectivity index (χ0v) is 15.0. The summed E-state index contributed by atoms with van der Waals surface area (Å²) in [6, 6.07) is 13.8. The lowest BCUT2D eigenvalue weighted by atomic mass is 10.1. The van der Waals surface area contributed by atoms with Gasteiger partial charge in [-0.15, -0.1) is 0 Å². The zero-order chi connectivity index (χ0) is 19.8. The minimum atomic E-state index is -1.03. The van der Waals surface area contributed by atoms with Crippen molar-refractivity contribution in [1.29, 1.82) is 0 Å². The van der Waals surface area contributed by atoms with Crippen LogP contribution < -0.4 is 4.90 Å². The van der Waals surface area contributed by atoms with Gasteiger partial charge in [0.1, 0.15) is 6.54 Å². The van der Waals surface area contributed by atoms with Crippen LogP contribution in [0.4, 0.5) is 5.69 Å². The number of carbonyl (C=O) groups is 4. The Morgan fingerprint density at radius 2 is 1.79 bits per heavy atom. The molecule has 1 aliphatic rings. The van der Waals surface area contributed by atoms with Gasteiger partial charge in [0.15, 0.2) is 6.10 Å². The fourth-order valence-electron chi connectivity index (χ4n) is 3.32. The van der Waals surface area contributed by atoms with Crippen LogP contribution in [-0.2, 0) is 14.3 Å². The lowest BCUT2D eigenvalue weighted by Crippen LogP contribution is -2.37. The topological polar surface area (TPSA) is 96.5 Å². The average molecular weight is 376 g/mol. The van der Waals surface area contributed by atoms with E-state index in [1.807, 2.05) is 18.2 Å². The molecular weight excluding hydrogens is 360 g/mol. The molecule has 3 aromatic rings. The van der Waals surface area contributed by atoms with Crippen LogP contribution in [-0.4, -0.2) is 41.1 Å². The molecule has 0 saturated carbocycles. The molecule has 0 fully saturated rings. The number of ether oxygens (including phenoxy) is 1. The van der Waals surface area contributed by atoms with Gasteiger partial charge in [0.2, 0.25) is 5.78 Å². The van der Waals surface area contributed by atoms with Crippen molar-refractivity contribution in [3.05, 3.63) is 65.9 Å². The van der Waals surface area contributed by atoms with Gasteiger partial charge < -0.3 is 9.72 Å². The number of para-hydroxylation sites is 2. The first-order valence-corrected chi connectivity index (χ1v) is 8.72. The molecule has 1 N–H and O–H groups in total. The summed E-state index contributed by atoms with van der Waals surface area (Å²) < 4.78 is 5.24. The Balaban J connectivity index is 1.47. The van der Waals surface area contributed by atoms with E-state index < -0.39 is 30.3 Å². The minimum absolute atomic E-state index is 0.253. The summed E-state index contributed by atoms with van der Waals surface area (Å²) in [6.07, 6.45) is 0.548. The first-order valence-electron chi connectivity index (χ1n) is 8.72. The number of aromatic nitrogens is 1. The third-order valence-corrected chi connectivity index (χ3v) is 4.70. The smallest absolute Gasteiger partial charge is 0.326 e. The van der Waals surface area contributed by atoms with Gasteiger partial charge >= 0.3 is 5.97 Å². The summed E-state index contributed by atoms with van der Waals surface area (Å²) in [5, 5.41) is 0.740. The van der Waals surface area contributed by atoms with E-state index in [4.69, 9.17) is 4.74 Å². The number of ketones is 2. The molecule has 2 heterocycles. The minimum Gasteiger partial charge on any atom is -0.453 e. The molecular formula is C21H16N2O5. The molecule has 0 bridgehead atoms. The largest absolute Gasteiger partial charge is 0.453 e. The van der Waals surface area contributed by atoms with Gasteiger partial charge in [-0.05, 0) is 25.1 Å². The molecule has 28 heavy (non-hydrogen) atoms. The molecule has 1 atom stereocenters. The summed E-state index contributed by atoms with van der Waals surface area (Å²) >= 11 is 0. The lowest BCUT2D eigenvalue weighted by molar-refractivity contribution is -0.145. The maximum Gasteiger partial charge on any atom is 0.326 e. The highest BCUT2D eigenvalue weighted by Crippen LogP contribution is 2.28. The number of anilines is 1. The number of rotatable bonds is 5. The van der Waals surface area contributed by atoms with E-state index in [9.17, 15) is 19.2 Å². The number of aromatic amines is 1. The van der Waals surface area contributed by atoms with Crippen LogP contribution in [0.15, 0.2) is 54.7 Å². The number of hydrogen-bond acceptors (Lipinski definition) is 5. The molecule has 0 saturated heterocycles. The molecule has 1 amide bonds. The normalized spacial score (nSPS) is 14.2. The van der Waals surface area contributed by atoms with Crippen molar-refractivity contribution < 1.29 is 23.9 Å². The molecule has 0 spiro atoms. The fraction of sp³-hybridized carbons (Fsp3) is 0.143. The summed E-state index contributed by atoms with van der Waals surface area (Å²) in [6.45, 7) is 1.04. The van der Waals surface area contributed by atoms with Crippen LogP contribution >= 0.6 is 0 Å². The Kier molecular flexibility index (Phi) is 4.27. The van der Waals surface area contributed by atoms with Gasteiger partial charge in [0.25, 0.3) is 11.7 Å². The quantitative estimate of drug-likeness (QED) is 0.419. The van der Waals surface area contributed by atoms with Crippen LogP contribution in [0, 0.1) is 0 Å². The van der Waals surface area contributed by atoms with Gasteiger partial charge in [0, 0.05) is 22.7 Å². The van der Waals surface area contributed by atoms with E-state index in [-0.39, 0.29) is 11.3 Å². The number of esters is 1. The summed E-state index contributed by atoms with van der Waals surface area (Å²) in [5.41, 5.74) is 1.85. The second-order valence-corrected chi connectivity index (χ2v) is 6.48. The highest BCUT2D eigenvalue weighted by molar-refractivity contribution is 6.52. The zero-order valence-electron chi connectivity index (χ0n) is 15.0. The van der Waals surface area contributed by atoms with Crippen molar-refractivity contribution in [2.75, 3.05) is 11.4 Å². The highest BCUT2D eigenvalue weighted by atomic mass is 16.5. The second-order valence-electron chi connectivity index (χ2n) is 6.48. The number of nitrogens with one attached hydrogen (secondary N) is 1. The van der Waals surface area contributed by atoms with Crippen LogP contribution in [0.25, 0.3) is 10.9 Å². The Hall–Kier alpha value is -3.74. The number of H-pyrrole nitrogens is 1. The van der Waals surface area contributed by atoms with Gasteiger partial charge in [-0.25, -0.2) is 0 Å². The van der Waals surface area contributed by atoms with Crippen LogP contribution in [0.5, 0.6) is 0 Å².